The molecule has 3 aromatic rings. The lowest BCUT2D eigenvalue weighted by atomic mass is 9.91. The first-order chi connectivity index (χ1) is 21.2. The van der Waals surface area contributed by atoms with E-state index < -0.39 is 23.7 Å². The van der Waals surface area contributed by atoms with Crippen LogP contribution in [0.5, 0.6) is 0 Å². The van der Waals surface area contributed by atoms with Crippen LogP contribution in [-0.2, 0) is 23.8 Å². The summed E-state index contributed by atoms with van der Waals surface area (Å²) in [4.78, 5) is 36.3. The van der Waals surface area contributed by atoms with Crippen molar-refractivity contribution in [1.82, 2.24) is 9.71 Å². The van der Waals surface area contributed by atoms with E-state index in [-0.39, 0.29) is 17.0 Å². The third-order valence-electron chi connectivity index (χ3n) is 7.82. The average molecular weight is 615 g/mol. The van der Waals surface area contributed by atoms with Crippen molar-refractivity contribution in [2.45, 2.75) is 110 Å². The Morgan fingerprint density at radius 2 is 1.25 bits per heavy atom. The third kappa shape index (κ3) is 10.2. The lowest BCUT2D eigenvalue weighted by Crippen LogP contribution is -2.23. The molecular weight excluding hydrogens is 569 g/mol. The monoisotopic (exact) mass is 614 g/mol. The molecule has 6 nitrogen and oxygen atoms in total. The number of esters is 1. The lowest BCUT2D eigenvalue weighted by Gasteiger charge is -2.16. The Balaban J connectivity index is 1.87. The van der Waals surface area contributed by atoms with E-state index in [4.69, 9.17) is 9.57 Å². The van der Waals surface area contributed by atoms with Crippen molar-refractivity contribution < 1.29 is 32.3 Å². The molecule has 44 heavy (non-hydrogen) atoms. The summed E-state index contributed by atoms with van der Waals surface area (Å²) >= 11 is 0. The molecule has 2 aromatic carbocycles. The molecule has 0 N–H and O–H groups in total. The van der Waals surface area contributed by atoms with Crippen LogP contribution in [0.4, 0.5) is 13.2 Å². The van der Waals surface area contributed by atoms with Crippen molar-refractivity contribution in [2.24, 2.45) is 0 Å². The SMILES string of the molecule is CCCCCCCCc1cc(C(=O)OC)c(C(=O)On2ccnc2-c2ccc(C(F)(F)F)cc2)cc1CCCCCCCC. The van der Waals surface area contributed by atoms with Gasteiger partial charge in [0.2, 0.25) is 0 Å². The van der Waals surface area contributed by atoms with Gasteiger partial charge in [0.15, 0.2) is 5.82 Å². The number of unbranched alkanes of at least 4 members (excludes halogenated alkanes) is 10. The summed E-state index contributed by atoms with van der Waals surface area (Å²) in [6, 6.07) is 7.95. The number of nitrogens with zero attached hydrogens (tertiary/aromatic N) is 2. The van der Waals surface area contributed by atoms with E-state index in [2.05, 4.69) is 18.8 Å². The van der Waals surface area contributed by atoms with Crippen LogP contribution in [0.25, 0.3) is 11.4 Å². The van der Waals surface area contributed by atoms with E-state index in [1.54, 1.807) is 12.1 Å². The Hall–Kier alpha value is -3.62. The van der Waals surface area contributed by atoms with Crippen LogP contribution in [0.2, 0.25) is 0 Å². The van der Waals surface area contributed by atoms with Gasteiger partial charge < -0.3 is 9.57 Å². The van der Waals surface area contributed by atoms with Crippen LogP contribution in [0.1, 0.15) is 128 Å². The van der Waals surface area contributed by atoms with Crippen molar-refractivity contribution in [3.8, 4) is 11.4 Å². The van der Waals surface area contributed by atoms with Crippen LogP contribution in [0, 0.1) is 0 Å². The fourth-order valence-electron chi connectivity index (χ4n) is 5.31. The Kier molecular flexibility index (Phi) is 14.0. The van der Waals surface area contributed by atoms with E-state index >= 15 is 0 Å². The number of hydrogen-bond acceptors (Lipinski definition) is 5. The molecule has 1 heterocycles. The highest BCUT2D eigenvalue weighted by atomic mass is 19.4. The van der Waals surface area contributed by atoms with Crippen LogP contribution >= 0.6 is 0 Å². The summed E-state index contributed by atoms with van der Waals surface area (Å²) in [7, 11) is 1.27. The smallest absolute Gasteiger partial charge is 0.416 e. The fraction of sp³-hybridized carbons (Fsp3) is 0.514. The van der Waals surface area contributed by atoms with Crippen molar-refractivity contribution in [3.05, 3.63) is 76.6 Å². The Bertz CT molecular complexity index is 1330. The van der Waals surface area contributed by atoms with Gasteiger partial charge in [0.1, 0.15) is 0 Å². The van der Waals surface area contributed by atoms with Crippen molar-refractivity contribution in [3.63, 3.8) is 0 Å². The molecule has 240 valence electrons. The standard InChI is InChI=1S/C35H45F3N2O4/c1-4-6-8-10-12-14-16-27-24-30(33(41)43-3)31(25-28(27)17-15-13-11-9-7-5-2)34(42)44-40-23-22-39-32(40)26-18-20-29(21-19-26)35(36,37)38/h18-25H,4-17H2,1-3H3. The number of aryl methyl sites for hydroxylation is 2. The topological polar surface area (TPSA) is 70.4 Å². The summed E-state index contributed by atoms with van der Waals surface area (Å²) in [6.45, 7) is 4.38. The maximum absolute atomic E-state index is 13.6. The van der Waals surface area contributed by atoms with Crippen LogP contribution in [-0.4, -0.2) is 28.8 Å². The van der Waals surface area contributed by atoms with Crippen LogP contribution in [0.3, 0.4) is 0 Å². The number of hydrogen-bond donors (Lipinski definition) is 0. The van der Waals surface area contributed by atoms with Gasteiger partial charge in [-0.15, -0.1) is 0 Å². The van der Waals surface area contributed by atoms with Gasteiger partial charge in [-0.25, -0.2) is 14.6 Å². The van der Waals surface area contributed by atoms with Crippen molar-refractivity contribution in [1.29, 1.82) is 0 Å². The summed E-state index contributed by atoms with van der Waals surface area (Å²) in [5.74, 6) is -1.27. The zero-order valence-corrected chi connectivity index (χ0v) is 26.2. The lowest BCUT2D eigenvalue weighted by molar-refractivity contribution is -0.137. The Labute approximate surface area is 258 Å². The molecule has 0 unspecified atom stereocenters. The van der Waals surface area contributed by atoms with E-state index in [0.717, 1.165) is 72.9 Å². The summed E-state index contributed by atoms with van der Waals surface area (Å²) in [5, 5.41) is 0. The minimum atomic E-state index is -4.47. The second-order valence-electron chi connectivity index (χ2n) is 11.2. The fourth-order valence-corrected chi connectivity index (χ4v) is 5.31. The minimum absolute atomic E-state index is 0.0802. The first-order valence-electron chi connectivity index (χ1n) is 15.9. The maximum atomic E-state index is 13.6. The number of rotatable bonds is 18. The molecule has 0 fully saturated rings. The molecule has 0 amide bonds. The maximum Gasteiger partial charge on any atom is 0.416 e. The van der Waals surface area contributed by atoms with Crippen LogP contribution < -0.4 is 4.84 Å². The first kappa shape index (κ1) is 34.9. The molecule has 0 aliphatic carbocycles. The number of benzene rings is 2. The quantitative estimate of drug-likeness (QED) is 0.105. The molecule has 3 rings (SSSR count). The van der Waals surface area contributed by atoms with Gasteiger partial charge in [-0.2, -0.15) is 17.9 Å². The molecule has 0 spiro atoms. The van der Waals surface area contributed by atoms with Crippen molar-refractivity contribution >= 4 is 11.9 Å². The molecule has 0 radical (unpaired) electrons. The highest BCUT2D eigenvalue weighted by Gasteiger charge is 2.30. The highest BCUT2D eigenvalue weighted by Crippen LogP contribution is 2.31. The number of carbonyl (C=O) groups is 2. The van der Waals surface area contributed by atoms with Gasteiger partial charge in [-0.05, 0) is 61.1 Å². The Morgan fingerprint density at radius 1 is 0.750 bits per heavy atom. The number of methoxy groups -OCH3 is 1. The molecule has 0 aliphatic heterocycles. The molecule has 0 saturated carbocycles. The van der Waals surface area contributed by atoms with Gasteiger partial charge in [0, 0.05) is 11.8 Å². The second-order valence-corrected chi connectivity index (χ2v) is 11.2. The highest BCUT2D eigenvalue weighted by molar-refractivity contribution is 6.03. The largest absolute Gasteiger partial charge is 0.465 e. The molecular formula is C35H45F3N2O4. The van der Waals surface area contributed by atoms with Gasteiger partial charge in [-0.1, -0.05) is 90.2 Å². The molecule has 0 atom stereocenters. The first-order valence-corrected chi connectivity index (χ1v) is 15.9. The molecule has 0 aliphatic rings. The number of imidazole rings is 1. The molecule has 1 aromatic heterocycles. The zero-order valence-electron chi connectivity index (χ0n) is 26.2. The van der Waals surface area contributed by atoms with E-state index in [0.29, 0.717) is 5.56 Å². The van der Waals surface area contributed by atoms with E-state index in [1.807, 2.05) is 0 Å². The van der Waals surface area contributed by atoms with Gasteiger partial charge in [0.05, 0.1) is 30.0 Å². The number of aromatic nitrogens is 2. The predicted octanol–water partition coefficient (Wildman–Crippen LogP) is 9.43. The zero-order chi connectivity index (χ0) is 32.0. The molecule has 0 saturated heterocycles. The van der Waals surface area contributed by atoms with E-state index in [9.17, 15) is 22.8 Å². The normalized spacial score (nSPS) is 11.5. The van der Waals surface area contributed by atoms with Crippen LogP contribution in [0.15, 0.2) is 48.8 Å². The second kappa shape index (κ2) is 17.6. The summed E-state index contributed by atoms with van der Waals surface area (Å²) in [6.07, 6.45) is 13.6. The van der Waals surface area contributed by atoms with Crippen molar-refractivity contribution in [2.75, 3.05) is 7.11 Å². The summed E-state index contributed by atoms with van der Waals surface area (Å²) < 4.78 is 45.3. The minimum Gasteiger partial charge on any atom is -0.465 e. The number of carbonyl (C=O) groups excluding carboxylic acids is 2. The summed E-state index contributed by atoms with van der Waals surface area (Å²) in [5.41, 5.74) is 1.80. The van der Waals surface area contributed by atoms with Gasteiger partial charge in [-0.3, -0.25) is 0 Å². The predicted molar refractivity (Wildman–Crippen MR) is 166 cm³/mol. The third-order valence-corrected chi connectivity index (χ3v) is 7.82. The molecule has 9 heteroatoms. The van der Waals surface area contributed by atoms with Gasteiger partial charge >= 0.3 is 18.1 Å². The average Bonchev–Trinajstić information content (AvgIpc) is 3.47. The number of halogens is 3. The van der Waals surface area contributed by atoms with E-state index in [1.165, 1.54) is 76.6 Å². The van der Waals surface area contributed by atoms with Gasteiger partial charge in [0.25, 0.3) is 0 Å². The number of alkyl halides is 3. The number of ether oxygens (including phenoxy) is 1. The molecule has 0 bridgehead atoms. The Morgan fingerprint density at radius 3 is 1.75 bits per heavy atom.